The summed E-state index contributed by atoms with van der Waals surface area (Å²) in [7, 11) is 1.45. The largest absolute Gasteiger partial charge is 0.493 e. The van der Waals surface area contributed by atoms with Gasteiger partial charge in [-0.2, -0.15) is 5.26 Å². The number of methoxy groups -OCH3 is 1. The predicted molar refractivity (Wildman–Crippen MR) is 79.7 cm³/mol. The second-order valence-corrected chi connectivity index (χ2v) is 4.57. The molecular formula is C14H11N5O3. The number of hydrogen-bond donors (Lipinski definition) is 3. The number of ether oxygens (including phenoxy) is 1. The van der Waals surface area contributed by atoms with Gasteiger partial charge in [0.1, 0.15) is 17.5 Å². The Morgan fingerprint density at radius 3 is 2.77 bits per heavy atom. The summed E-state index contributed by atoms with van der Waals surface area (Å²) in [6.45, 7) is 0. The van der Waals surface area contributed by atoms with E-state index in [0.717, 1.165) is 0 Å². The Morgan fingerprint density at radius 1 is 1.41 bits per heavy atom. The summed E-state index contributed by atoms with van der Waals surface area (Å²) in [5, 5.41) is 18.1. The van der Waals surface area contributed by atoms with Crippen molar-refractivity contribution >= 4 is 27.6 Å². The average Bonchev–Trinajstić information content (AvgIpc) is 2.52. The van der Waals surface area contributed by atoms with E-state index in [1.165, 1.54) is 7.11 Å². The summed E-state index contributed by atoms with van der Waals surface area (Å²) in [4.78, 5) is 12.2. The monoisotopic (exact) mass is 297 g/mol. The minimum Gasteiger partial charge on any atom is -0.493 e. The number of rotatable bonds is 1. The normalized spacial score (nSPS) is 10.7. The lowest BCUT2D eigenvalue weighted by molar-refractivity contribution is 0.405. The van der Waals surface area contributed by atoms with Crippen LogP contribution >= 0.6 is 0 Å². The van der Waals surface area contributed by atoms with Crippen molar-refractivity contribution in [2.75, 3.05) is 18.7 Å². The number of nitrogens with one attached hydrogen (secondary N) is 1. The molecule has 0 amide bonds. The van der Waals surface area contributed by atoms with Crippen molar-refractivity contribution in [1.29, 1.82) is 10.7 Å². The second kappa shape index (κ2) is 4.53. The molecular weight excluding hydrogens is 286 g/mol. The molecule has 0 atom stereocenters. The quantitative estimate of drug-likeness (QED) is 0.438. The van der Waals surface area contributed by atoms with E-state index >= 15 is 0 Å². The van der Waals surface area contributed by atoms with Crippen molar-refractivity contribution in [2.24, 2.45) is 0 Å². The molecule has 0 aliphatic rings. The van der Waals surface area contributed by atoms with Gasteiger partial charge in [-0.25, -0.2) is 4.68 Å². The van der Waals surface area contributed by atoms with Gasteiger partial charge in [0.2, 0.25) is 5.55 Å². The molecule has 2 heterocycles. The van der Waals surface area contributed by atoms with Crippen molar-refractivity contribution in [3.05, 3.63) is 39.7 Å². The van der Waals surface area contributed by atoms with E-state index in [1.807, 2.05) is 6.07 Å². The summed E-state index contributed by atoms with van der Waals surface area (Å²) in [6.07, 6.45) is 0. The van der Waals surface area contributed by atoms with Crippen molar-refractivity contribution in [3.63, 3.8) is 0 Å². The highest BCUT2D eigenvalue weighted by molar-refractivity contribution is 6.11. The van der Waals surface area contributed by atoms with Crippen LogP contribution in [0.15, 0.2) is 27.4 Å². The zero-order chi connectivity index (χ0) is 16.0. The average molecular weight is 297 g/mol. The lowest BCUT2D eigenvalue weighted by Gasteiger charge is -2.12. The molecule has 0 aliphatic heterocycles. The molecule has 0 bridgehead atoms. The molecule has 3 rings (SSSR count). The van der Waals surface area contributed by atoms with Gasteiger partial charge < -0.3 is 20.7 Å². The fourth-order valence-electron chi connectivity index (χ4n) is 2.45. The standard InChI is InChI=1S/C14H11N5O3/c1-21-8-4-2-3-6-9-7(5-15)14(20)19(18)12(16)10(9)13(17)22-11(6)8/h2-4,17H,16,18H2,1H3. The number of nitrogen functional groups attached to an aromatic ring is 2. The Bertz CT molecular complexity index is 1090. The maximum absolute atomic E-state index is 12.2. The van der Waals surface area contributed by atoms with Crippen LogP contribution in [-0.4, -0.2) is 11.8 Å². The first kappa shape index (κ1) is 13.5. The molecule has 0 unspecified atom stereocenters. The van der Waals surface area contributed by atoms with Gasteiger partial charge in [0.15, 0.2) is 11.3 Å². The minimum absolute atomic E-state index is 0.111. The number of nitrogens with zero attached hydrogens (tertiary/aromatic N) is 2. The summed E-state index contributed by atoms with van der Waals surface area (Å²) in [5.74, 6) is 5.81. The van der Waals surface area contributed by atoms with E-state index in [9.17, 15) is 10.1 Å². The van der Waals surface area contributed by atoms with Crippen LogP contribution in [0.4, 0.5) is 5.82 Å². The number of fused-ring (bicyclic) bond motifs is 3. The van der Waals surface area contributed by atoms with E-state index in [2.05, 4.69) is 0 Å². The first-order chi connectivity index (χ1) is 10.5. The van der Waals surface area contributed by atoms with Gasteiger partial charge in [0.25, 0.3) is 5.56 Å². The molecule has 0 radical (unpaired) electrons. The van der Waals surface area contributed by atoms with E-state index < -0.39 is 5.56 Å². The van der Waals surface area contributed by atoms with Crippen molar-refractivity contribution in [2.45, 2.75) is 0 Å². The Balaban J connectivity index is 2.80. The summed E-state index contributed by atoms with van der Waals surface area (Å²) < 4.78 is 11.3. The van der Waals surface area contributed by atoms with Gasteiger partial charge in [0.05, 0.1) is 12.5 Å². The highest BCUT2D eigenvalue weighted by atomic mass is 16.5. The fourth-order valence-corrected chi connectivity index (χ4v) is 2.45. The molecule has 8 heteroatoms. The lowest BCUT2D eigenvalue weighted by Crippen LogP contribution is -2.32. The molecule has 8 nitrogen and oxygen atoms in total. The zero-order valence-electron chi connectivity index (χ0n) is 11.5. The van der Waals surface area contributed by atoms with Crippen molar-refractivity contribution < 1.29 is 9.15 Å². The molecule has 2 aromatic heterocycles. The molecule has 110 valence electrons. The molecule has 5 N–H and O–H groups in total. The molecule has 0 aliphatic carbocycles. The number of aromatic nitrogens is 1. The molecule has 1 aromatic carbocycles. The van der Waals surface area contributed by atoms with Gasteiger partial charge in [-0.05, 0) is 6.07 Å². The van der Waals surface area contributed by atoms with Gasteiger partial charge in [-0.3, -0.25) is 10.2 Å². The third kappa shape index (κ3) is 1.56. The van der Waals surface area contributed by atoms with Crippen LogP contribution in [0.5, 0.6) is 5.75 Å². The number of hydrogen-bond acceptors (Lipinski definition) is 7. The Kier molecular flexibility index (Phi) is 2.78. The Morgan fingerprint density at radius 2 is 2.14 bits per heavy atom. The third-order valence-corrected chi connectivity index (χ3v) is 3.46. The summed E-state index contributed by atoms with van der Waals surface area (Å²) in [6, 6.07) is 6.82. The third-order valence-electron chi connectivity index (χ3n) is 3.46. The van der Waals surface area contributed by atoms with Crippen LogP contribution in [0.3, 0.4) is 0 Å². The van der Waals surface area contributed by atoms with Gasteiger partial charge in [0, 0.05) is 10.8 Å². The zero-order valence-corrected chi connectivity index (χ0v) is 11.5. The molecule has 0 saturated heterocycles. The van der Waals surface area contributed by atoms with Crippen molar-refractivity contribution in [3.8, 4) is 11.8 Å². The van der Waals surface area contributed by atoms with Crippen LogP contribution in [0, 0.1) is 16.7 Å². The van der Waals surface area contributed by atoms with E-state index in [0.29, 0.717) is 15.8 Å². The first-order valence-electron chi connectivity index (χ1n) is 6.19. The Hall–Kier alpha value is -3.47. The maximum atomic E-state index is 12.2. The van der Waals surface area contributed by atoms with Gasteiger partial charge in [-0.1, -0.05) is 12.1 Å². The van der Waals surface area contributed by atoms with Crippen LogP contribution in [0.25, 0.3) is 21.7 Å². The van der Waals surface area contributed by atoms with Crippen LogP contribution < -0.4 is 27.4 Å². The highest BCUT2D eigenvalue weighted by Gasteiger charge is 2.20. The maximum Gasteiger partial charge on any atom is 0.289 e. The molecule has 3 aromatic rings. The SMILES string of the molecule is COc1cccc2c1oc(=N)c1c(N)n(N)c(=O)c(C#N)c12. The molecule has 0 saturated carbocycles. The number of para-hydroxylation sites is 1. The fraction of sp³-hybridized carbons (Fsp3) is 0.0714. The molecule has 22 heavy (non-hydrogen) atoms. The topological polar surface area (TPSA) is 144 Å². The predicted octanol–water partition coefficient (Wildman–Crippen LogP) is 0.403. The number of nitriles is 1. The number of benzene rings is 1. The lowest BCUT2D eigenvalue weighted by atomic mass is 10.0. The van der Waals surface area contributed by atoms with E-state index in [1.54, 1.807) is 18.2 Å². The minimum atomic E-state index is -0.734. The highest BCUT2D eigenvalue weighted by Crippen LogP contribution is 2.31. The second-order valence-electron chi connectivity index (χ2n) is 4.57. The number of anilines is 1. The summed E-state index contributed by atoms with van der Waals surface area (Å²) in [5.41, 5.74) is 4.84. The van der Waals surface area contributed by atoms with Crippen LogP contribution in [0.1, 0.15) is 5.56 Å². The number of nitrogens with two attached hydrogens (primary N) is 2. The smallest absolute Gasteiger partial charge is 0.289 e. The molecule has 0 spiro atoms. The van der Waals surface area contributed by atoms with Gasteiger partial charge in [-0.15, -0.1) is 0 Å². The van der Waals surface area contributed by atoms with Crippen LogP contribution in [0.2, 0.25) is 0 Å². The van der Waals surface area contributed by atoms with Crippen LogP contribution in [-0.2, 0) is 0 Å². The number of pyridine rings is 1. The van der Waals surface area contributed by atoms with Gasteiger partial charge >= 0.3 is 0 Å². The Labute approximate surface area is 123 Å². The summed E-state index contributed by atoms with van der Waals surface area (Å²) >= 11 is 0. The van der Waals surface area contributed by atoms with Crippen molar-refractivity contribution in [1.82, 2.24) is 4.68 Å². The molecule has 0 fully saturated rings. The van der Waals surface area contributed by atoms with E-state index in [-0.39, 0.29) is 33.3 Å². The first-order valence-corrected chi connectivity index (χ1v) is 6.19. The van der Waals surface area contributed by atoms with E-state index in [4.69, 9.17) is 26.1 Å².